The minimum Gasteiger partial charge on any atom is -0.493 e. The molecule has 2 unspecified atom stereocenters. The Balaban J connectivity index is 1.40. The monoisotopic (exact) mass is 617 g/mol. The summed E-state index contributed by atoms with van der Waals surface area (Å²) in [4.78, 5) is 18.2. The van der Waals surface area contributed by atoms with Crippen LogP contribution in [0.25, 0.3) is 0 Å². The molecule has 0 aromatic heterocycles. The fourth-order valence-corrected chi connectivity index (χ4v) is 6.75. The van der Waals surface area contributed by atoms with E-state index in [1.54, 1.807) is 7.11 Å². The zero-order valence-electron chi connectivity index (χ0n) is 27.1. The van der Waals surface area contributed by atoms with E-state index in [1.165, 1.54) is 31.2 Å². The van der Waals surface area contributed by atoms with Gasteiger partial charge in [-0.3, -0.25) is 4.79 Å². The molecule has 6 nitrogen and oxygen atoms in total. The van der Waals surface area contributed by atoms with E-state index in [0.717, 1.165) is 47.3 Å². The van der Waals surface area contributed by atoms with E-state index in [2.05, 4.69) is 75.4 Å². The molecule has 0 saturated heterocycles. The minimum absolute atomic E-state index is 0.0356. The topological polar surface area (TPSA) is 54.0 Å². The molecule has 1 aliphatic heterocycles. The van der Waals surface area contributed by atoms with Crippen molar-refractivity contribution >= 4 is 23.2 Å². The summed E-state index contributed by atoms with van der Waals surface area (Å²) in [6.07, 6.45) is 6.32. The van der Waals surface area contributed by atoms with Gasteiger partial charge in [-0.25, -0.2) is 0 Å². The van der Waals surface area contributed by atoms with Crippen LogP contribution in [0.1, 0.15) is 87.2 Å². The van der Waals surface area contributed by atoms with Gasteiger partial charge in [-0.2, -0.15) is 0 Å². The Morgan fingerprint density at radius 1 is 0.977 bits per heavy atom. The third-order valence-corrected chi connectivity index (χ3v) is 9.86. The van der Waals surface area contributed by atoms with Crippen molar-refractivity contribution in [3.63, 3.8) is 0 Å². The van der Waals surface area contributed by atoms with Crippen molar-refractivity contribution in [3.05, 3.63) is 87.9 Å². The van der Waals surface area contributed by atoms with E-state index < -0.39 is 0 Å². The Hall–Kier alpha value is -3.06. The third-order valence-electron chi connectivity index (χ3n) is 9.61. The maximum atomic E-state index is 13.9. The van der Waals surface area contributed by atoms with Crippen molar-refractivity contribution in [2.24, 2.45) is 5.92 Å². The number of fused-ring (bicyclic) bond motifs is 1. The smallest absolute Gasteiger partial charge is 0.232 e. The van der Waals surface area contributed by atoms with Gasteiger partial charge >= 0.3 is 0 Å². The summed E-state index contributed by atoms with van der Waals surface area (Å²) in [5.41, 5.74) is 5.07. The highest BCUT2D eigenvalue weighted by molar-refractivity contribution is 6.30. The average Bonchev–Trinajstić information content (AvgIpc) is 3.03. The van der Waals surface area contributed by atoms with Gasteiger partial charge in [-0.15, -0.1) is 0 Å². The predicted molar refractivity (Wildman–Crippen MR) is 180 cm³/mol. The lowest BCUT2D eigenvalue weighted by Gasteiger charge is -2.38. The average molecular weight is 618 g/mol. The van der Waals surface area contributed by atoms with Gasteiger partial charge in [-0.1, -0.05) is 42.8 Å². The fourth-order valence-electron chi connectivity index (χ4n) is 6.63. The number of hydrogen-bond acceptors (Lipinski definition) is 5. The lowest BCUT2D eigenvalue weighted by atomic mass is 9.85. The predicted octanol–water partition coefficient (Wildman–Crippen LogP) is 7.98. The standard InChI is InChI=1S/C37H48ClN3O3/c1-7-24(2)44-35-22-33-29(20-34(35)43-6)21-36(42)41(37(33)28-10-14-30(38)15-11-28)32-18-12-27(13-19-32)25(3)39-23-26-8-16-31(17-9-26)40(4)5/h10-15,18-20,22,24-26,31,37,39H,7-9,16-17,21,23H2,1-6H3/t24-,25?,26-,31+,37?/m1/s1. The minimum atomic E-state index is -0.326. The lowest BCUT2D eigenvalue weighted by Crippen LogP contribution is -2.41. The zero-order valence-corrected chi connectivity index (χ0v) is 27.9. The number of halogens is 1. The number of ether oxygens (including phenoxy) is 2. The molecule has 1 amide bonds. The molecule has 0 radical (unpaired) electrons. The summed E-state index contributed by atoms with van der Waals surface area (Å²) < 4.78 is 12.0. The number of hydrogen-bond donors (Lipinski definition) is 1. The molecule has 7 heteroatoms. The molecule has 3 atom stereocenters. The largest absolute Gasteiger partial charge is 0.493 e. The maximum Gasteiger partial charge on any atom is 0.232 e. The zero-order chi connectivity index (χ0) is 31.4. The van der Waals surface area contributed by atoms with E-state index >= 15 is 0 Å². The summed E-state index contributed by atoms with van der Waals surface area (Å²) >= 11 is 6.29. The van der Waals surface area contributed by atoms with Crippen molar-refractivity contribution in [1.29, 1.82) is 0 Å². The fraction of sp³-hybridized carbons (Fsp3) is 0.486. The summed E-state index contributed by atoms with van der Waals surface area (Å²) in [6.45, 7) is 7.42. The highest BCUT2D eigenvalue weighted by atomic mass is 35.5. The van der Waals surface area contributed by atoms with Gasteiger partial charge in [0.2, 0.25) is 5.91 Å². The first kappa shape index (κ1) is 32.3. The number of nitrogens with one attached hydrogen (secondary N) is 1. The van der Waals surface area contributed by atoms with Crippen LogP contribution in [-0.2, 0) is 11.2 Å². The Morgan fingerprint density at radius 2 is 1.66 bits per heavy atom. The first-order chi connectivity index (χ1) is 21.2. The van der Waals surface area contributed by atoms with E-state index in [0.29, 0.717) is 16.5 Å². The molecule has 0 spiro atoms. The second-order valence-electron chi connectivity index (χ2n) is 12.8. The van der Waals surface area contributed by atoms with Crippen LogP contribution in [0.4, 0.5) is 5.69 Å². The van der Waals surface area contributed by atoms with E-state index in [-0.39, 0.29) is 30.5 Å². The number of anilines is 1. The highest BCUT2D eigenvalue weighted by Crippen LogP contribution is 2.44. The van der Waals surface area contributed by atoms with Crippen LogP contribution < -0.4 is 19.7 Å². The summed E-state index contributed by atoms with van der Waals surface area (Å²) in [5, 5.41) is 4.44. The molecule has 3 aromatic rings. The van der Waals surface area contributed by atoms with Gasteiger partial charge in [0.15, 0.2) is 11.5 Å². The molecule has 5 rings (SSSR count). The van der Waals surface area contributed by atoms with Gasteiger partial charge in [0.25, 0.3) is 0 Å². The van der Waals surface area contributed by atoms with Crippen LogP contribution in [0, 0.1) is 5.92 Å². The van der Waals surface area contributed by atoms with Crippen molar-refractivity contribution in [3.8, 4) is 11.5 Å². The van der Waals surface area contributed by atoms with Gasteiger partial charge in [0.1, 0.15) is 0 Å². The number of rotatable bonds is 11. The van der Waals surface area contributed by atoms with Crippen LogP contribution >= 0.6 is 11.6 Å². The van der Waals surface area contributed by atoms with Crippen LogP contribution in [0.3, 0.4) is 0 Å². The highest BCUT2D eigenvalue weighted by Gasteiger charge is 2.36. The number of nitrogens with zero attached hydrogens (tertiary/aromatic N) is 2. The van der Waals surface area contributed by atoms with E-state index in [1.807, 2.05) is 35.2 Å². The molecule has 1 heterocycles. The summed E-state index contributed by atoms with van der Waals surface area (Å²) in [6, 6.07) is 20.9. The molecule has 44 heavy (non-hydrogen) atoms. The van der Waals surface area contributed by atoms with Crippen molar-refractivity contribution < 1.29 is 14.3 Å². The quantitative estimate of drug-likeness (QED) is 0.236. The molecule has 0 bridgehead atoms. The first-order valence-electron chi connectivity index (χ1n) is 16.1. The summed E-state index contributed by atoms with van der Waals surface area (Å²) in [7, 11) is 6.03. The maximum absolute atomic E-state index is 13.9. The molecular formula is C37H48ClN3O3. The van der Waals surface area contributed by atoms with Crippen LogP contribution in [0.2, 0.25) is 5.02 Å². The van der Waals surface area contributed by atoms with Crippen LogP contribution in [0.5, 0.6) is 11.5 Å². The molecule has 2 aliphatic rings. The number of carbonyl (C=O) groups excluding carboxylic acids is 1. The second kappa shape index (κ2) is 14.4. The van der Waals surface area contributed by atoms with Crippen molar-refractivity contribution in [2.75, 3.05) is 32.6 Å². The van der Waals surface area contributed by atoms with E-state index in [4.69, 9.17) is 21.1 Å². The Labute approximate surface area is 268 Å². The van der Waals surface area contributed by atoms with Crippen LogP contribution in [0.15, 0.2) is 60.7 Å². The molecule has 1 fully saturated rings. The number of benzene rings is 3. The normalized spacial score (nSPS) is 21.6. The second-order valence-corrected chi connectivity index (χ2v) is 13.2. The van der Waals surface area contributed by atoms with E-state index in [9.17, 15) is 4.79 Å². The van der Waals surface area contributed by atoms with Gasteiger partial charge in [0, 0.05) is 22.8 Å². The van der Waals surface area contributed by atoms with Gasteiger partial charge < -0.3 is 24.6 Å². The lowest BCUT2D eigenvalue weighted by molar-refractivity contribution is -0.118. The van der Waals surface area contributed by atoms with Gasteiger partial charge in [0.05, 0.1) is 25.7 Å². The molecule has 1 saturated carbocycles. The molecule has 3 aromatic carbocycles. The number of carbonyl (C=O) groups is 1. The Kier molecular flexibility index (Phi) is 10.6. The number of methoxy groups -OCH3 is 1. The Bertz CT molecular complexity index is 1400. The van der Waals surface area contributed by atoms with Crippen molar-refractivity contribution in [2.45, 2.75) is 83.5 Å². The van der Waals surface area contributed by atoms with Crippen LogP contribution in [-0.4, -0.2) is 50.7 Å². The molecule has 1 aliphatic carbocycles. The van der Waals surface area contributed by atoms with Gasteiger partial charge in [-0.05, 0) is 131 Å². The molecule has 236 valence electrons. The molecular weight excluding hydrogens is 570 g/mol. The Morgan fingerprint density at radius 3 is 2.27 bits per heavy atom. The summed E-state index contributed by atoms with van der Waals surface area (Å²) in [5.74, 6) is 2.12. The number of amides is 1. The first-order valence-corrected chi connectivity index (χ1v) is 16.5. The van der Waals surface area contributed by atoms with Crippen molar-refractivity contribution in [1.82, 2.24) is 10.2 Å². The SMILES string of the molecule is CC[C@@H](C)Oc1cc2c(cc1OC)CC(=O)N(c1ccc(C(C)NC[C@H]3CC[C@@H](N(C)C)CC3)cc1)C2c1ccc(Cl)cc1. The third kappa shape index (κ3) is 7.25. The molecule has 1 N–H and O–H groups in total.